The average Bonchev–Trinajstić information content (AvgIpc) is 3.03. The highest BCUT2D eigenvalue weighted by molar-refractivity contribution is 7.89. The number of hydrogen-bond donors (Lipinski definition) is 0. The maximum absolute atomic E-state index is 13.9. The molecule has 0 unspecified atom stereocenters. The van der Waals surface area contributed by atoms with Gasteiger partial charge in [-0.05, 0) is 48.5 Å². The summed E-state index contributed by atoms with van der Waals surface area (Å²) in [7, 11) is -7.87. The minimum absolute atomic E-state index is 0.0710. The van der Waals surface area contributed by atoms with E-state index in [-0.39, 0.29) is 36.0 Å². The first-order valence-corrected chi connectivity index (χ1v) is 18.3. The molecule has 2 aliphatic heterocycles. The summed E-state index contributed by atoms with van der Waals surface area (Å²) in [5.41, 5.74) is 1.51. The van der Waals surface area contributed by atoms with Crippen molar-refractivity contribution in [1.29, 1.82) is 0 Å². The molecule has 2 heterocycles. The third-order valence-electron chi connectivity index (χ3n) is 8.05. The Morgan fingerprint density at radius 2 is 0.841 bits per heavy atom. The Bertz CT molecular complexity index is 1800. The lowest BCUT2D eigenvalue weighted by Crippen LogP contribution is -2.49. The monoisotopic (exact) mass is 712 g/mol. The van der Waals surface area contributed by atoms with Gasteiger partial charge in [-0.3, -0.25) is 0 Å². The quantitative estimate of drug-likeness (QED) is 0.228. The molecule has 0 aromatic heterocycles. The van der Waals surface area contributed by atoms with E-state index in [0.717, 1.165) is 11.4 Å². The largest absolute Gasteiger partial charge is 0.368 e. The molecule has 2 fully saturated rings. The van der Waals surface area contributed by atoms with Gasteiger partial charge in [0, 0.05) is 73.2 Å². The number of halogens is 4. The Morgan fingerprint density at radius 1 is 0.477 bits per heavy atom. The second-order valence-electron chi connectivity index (χ2n) is 10.6. The van der Waals surface area contributed by atoms with E-state index in [2.05, 4.69) is 0 Å². The van der Waals surface area contributed by atoms with E-state index in [1.165, 1.54) is 20.7 Å². The van der Waals surface area contributed by atoms with E-state index in [9.17, 15) is 16.8 Å². The molecule has 0 amide bonds. The molecule has 2 aliphatic rings. The third kappa shape index (κ3) is 5.99. The molecule has 0 atom stereocenters. The van der Waals surface area contributed by atoms with Gasteiger partial charge in [-0.1, -0.05) is 70.7 Å². The summed E-state index contributed by atoms with van der Waals surface area (Å²) in [6.07, 6.45) is 0. The number of nitrogens with zero attached hydrogens (tertiary/aromatic N) is 4. The molecule has 0 aliphatic carbocycles. The zero-order valence-electron chi connectivity index (χ0n) is 23.3. The number of hydrogen-bond acceptors (Lipinski definition) is 6. The molecule has 0 radical (unpaired) electrons. The minimum Gasteiger partial charge on any atom is -0.368 e. The number of rotatable bonds is 6. The smallest absolute Gasteiger partial charge is 0.243 e. The first-order chi connectivity index (χ1) is 21.0. The molecule has 0 bridgehead atoms. The van der Waals surface area contributed by atoms with Gasteiger partial charge in [-0.15, -0.1) is 0 Å². The van der Waals surface area contributed by atoms with E-state index in [0.29, 0.717) is 57.0 Å². The van der Waals surface area contributed by atoms with Crippen LogP contribution < -0.4 is 9.80 Å². The van der Waals surface area contributed by atoms with Gasteiger partial charge in [-0.2, -0.15) is 8.61 Å². The number of sulfonamides is 2. The Morgan fingerprint density at radius 3 is 1.20 bits per heavy atom. The van der Waals surface area contributed by atoms with Gasteiger partial charge >= 0.3 is 0 Å². The van der Waals surface area contributed by atoms with Crippen molar-refractivity contribution in [3.63, 3.8) is 0 Å². The van der Waals surface area contributed by atoms with Crippen LogP contribution in [-0.2, 0) is 20.0 Å². The zero-order valence-corrected chi connectivity index (χ0v) is 28.0. The van der Waals surface area contributed by atoms with Crippen LogP contribution in [0.25, 0.3) is 10.8 Å². The number of fused-ring (bicyclic) bond motifs is 1. The molecule has 2 saturated heterocycles. The fourth-order valence-electron chi connectivity index (χ4n) is 5.78. The van der Waals surface area contributed by atoms with Gasteiger partial charge in [0.05, 0.1) is 31.2 Å². The van der Waals surface area contributed by atoms with Crippen LogP contribution >= 0.6 is 46.4 Å². The van der Waals surface area contributed by atoms with Crippen molar-refractivity contribution in [2.45, 2.75) is 9.79 Å². The topological polar surface area (TPSA) is 81.2 Å². The van der Waals surface area contributed by atoms with Crippen LogP contribution in [-0.4, -0.2) is 77.8 Å². The molecule has 14 heteroatoms. The number of piperazine rings is 2. The number of benzene rings is 4. The maximum Gasteiger partial charge on any atom is 0.243 e. The summed E-state index contributed by atoms with van der Waals surface area (Å²) in [5.74, 6) is 0. The normalized spacial score (nSPS) is 17.4. The van der Waals surface area contributed by atoms with E-state index < -0.39 is 20.0 Å². The van der Waals surface area contributed by atoms with Crippen molar-refractivity contribution in [2.75, 3.05) is 62.2 Å². The van der Waals surface area contributed by atoms with Crippen molar-refractivity contribution in [3.8, 4) is 0 Å². The standard InChI is InChI=1S/C30H28Cl4N4O4S2/c31-21-7-9-25(33)27(19-21)35-11-15-37(16-12-35)43(39,40)29-5-1-3-23-24(29)4-2-6-30(23)44(41,42)38-17-13-36(14-18-38)28-20-22(32)8-10-26(28)34/h1-10,19-20H,11-18H2. The summed E-state index contributed by atoms with van der Waals surface area (Å²) < 4.78 is 58.6. The van der Waals surface area contributed by atoms with Gasteiger partial charge in [0.25, 0.3) is 0 Å². The van der Waals surface area contributed by atoms with Crippen LogP contribution in [0.1, 0.15) is 0 Å². The lowest BCUT2D eigenvalue weighted by Gasteiger charge is -2.36. The van der Waals surface area contributed by atoms with Crippen LogP contribution in [0.15, 0.2) is 82.6 Å². The molecule has 44 heavy (non-hydrogen) atoms. The Hall–Kier alpha value is -2.28. The lowest BCUT2D eigenvalue weighted by atomic mass is 10.1. The van der Waals surface area contributed by atoms with Crippen LogP contribution in [0.5, 0.6) is 0 Å². The highest BCUT2D eigenvalue weighted by Crippen LogP contribution is 2.35. The van der Waals surface area contributed by atoms with E-state index in [1.54, 1.807) is 60.7 Å². The first kappa shape index (κ1) is 31.7. The van der Waals surface area contributed by atoms with Gasteiger partial charge in [-0.25, -0.2) is 16.8 Å². The highest BCUT2D eigenvalue weighted by Gasteiger charge is 2.33. The fourth-order valence-corrected chi connectivity index (χ4v) is 9.84. The van der Waals surface area contributed by atoms with E-state index >= 15 is 0 Å². The molecule has 4 aromatic rings. The minimum atomic E-state index is -3.94. The van der Waals surface area contributed by atoms with Crippen LogP contribution in [0.4, 0.5) is 11.4 Å². The van der Waals surface area contributed by atoms with E-state index in [4.69, 9.17) is 46.4 Å². The molecule has 4 aromatic carbocycles. The third-order valence-corrected chi connectivity index (χ3v) is 13.1. The van der Waals surface area contributed by atoms with Crippen molar-refractivity contribution in [3.05, 3.63) is 92.9 Å². The highest BCUT2D eigenvalue weighted by atomic mass is 35.5. The summed E-state index contributed by atoms with van der Waals surface area (Å²) in [4.78, 5) is 4.16. The first-order valence-electron chi connectivity index (χ1n) is 13.9. The summed E-state index contributed by atoms with van der Waals surface area (Å²) in [6.45, 7) is 2.65. The zero-order chi connectivity index (χ0) is 31.2. The van der Waals surface area contributed by atoms with Crippen LogP contribution in [0.3, 0.4) is 0 Å². The van der Waals surface area contributed by atoms with Gasteiger partial charge in [0.15, 0.2) is 0 Å². The second kappa shape index (κ2) is 12.5. The summed E-state index contributed by atoms with van der Waals surface area (Å²) in [6, 6.07) is 20.0. The van der Waals surface area contributed by atoms with Gasteiger partial charge < -0.3 is 9.80 Å². The Balaban J connectivity index is 1.24. The Labute approximate surface area is 277 Å². The molecular formula is C30H28Cl4N4O4S2. The predicted molar refractivity (Wildman–Crippen MR) is 179 cm³/mol. The molecule has 8 nitrogen and oxygen atoms in total. The Kier molecular flexibility index (Phi) is 9.00. The van der Waals surface area contributed by atoms with Gasteiger partial charge in [0.1, 0.15) is 0 Å². The SMILES string of the molecule is O=S(=O)(c1cccc2c(S(=O)(=O)N3CCN(c4cc(Cl)ccc4Cl)CC3)cccc12)N1CCN(c2cc(Cl)ccc2Cl)CC1. The van der Waals surface area contributed by atoms with Gasteiger partial charge in [0.2, 0.25) is 20.0 Å². The van der Waals surface area contributed by atoms with Crippen molar-refractivity contribution in [2.24, 2.45) is 0 Å². The van der Waals surface area contributed by atoms with Crippen molar-refractivity contribution < 1.29 is 16.8 Å². The second-order valence-corrected chi connectivity index (χ2v) is 16.1. The van der Waals surface area contributed by atoms with Crippen LogP contribution in [0, 0.1) is 0 Å². The summed E-state index contributed by atoms with van der Waals surface area (Å²) in [5, 5.41) is 2.91. The molecule has 0 saturated carbocycles. The van der Waals surface area contributed by atoms with Crippen LogP contribution in [0.2, 0.25) is 20.1 Å². The maximum atomic E-state index is 13.9. The van der Waals surface area contributed by atoms with Crippen molar-refractivity contribution in [1.82, 2.24) is 8.61 Å². The van der Waals surface area contributed by atoms with Crippen molar-refractivity contribution >= 4 is 88.6 Å². The molecule has 0 N–H and O–H groups in total. The summed E-state index contributed by atoms with van der Waals surface area (Å²) >= 11 is 25.1. The average molecular weight is 715 g/mol. The molecular weight excluding hydrogens is 686 g/mol. The lowest BCUT2D eigenvalue weighted by molar-refractivity contribution is 0.384. The fraction of sp³-hybridized carbons (Fsp3) is 0.267. The molecule has 232 valence electrons. The predicted octanol–water partition coefficient (Wildman–Crippen LogP) is 6.48. The molecule has 6 rings (SSSR count). The van der Waals surface area contributed by atoms with E-state index in [1.807, 2.05) is 9.80 Å². The number of anilines is 2. The molecule has 0 spiro atoms.